The molecule has 0 saturated carbocycles. The van der Waals surface area contributed by atoms with Crippen LogP contribution in [-0.2, 0) is 10.0 Å². The van der Waals surface area contributed by atoms with Crippen LogP contribution in [-0.4, -0.2) is 19.3 Å². The first kappa shape index (κ1) is 16.0. The molecule has 0 fully saturated rings. The molecule has 0 aliphatic rings. The van der Waals surface area contributed by atoms with Crippen molar-refractivity contribution in [3.05, 3.63) is 44.3 Å². The number of carbonyl (C=O) groups excluding carboxylic acids is 1. The minimum Gasteiger partial charge on any atom is -0.267 e. The zero-order chi connectivity index (χ0) is 15.8. The van der Waals surface area contributed by atoms with E-state index in [2.05, 4.69) is 20.9 Å². The topological polar surface area (TPSA) is 76.1 Å². The summed E-state index contributed by atoms with van der Waals surface area (Å²) in [5.41, 5.74) is 0. The molecule has 1 aromatic carbocycles. The average Bonchev–Trinajstić information content (AvgIpc) is 2.81. The number of aromatic nitrogens is 1. The second kappa shape index (κ2) is 5.78. The van der Waals surface area contributed by atoms with E-state index in [0.717, 1.165) is 17.4 Å². The molecule has 1 N–H and O–H groups in total. The standard InChI is InChI=1S/C11H7BrF2N2O3S2/c1-5-15-4-9(20-5)11(17)16-21(18,19)6-2-7(12)10(14)8(13)3-6/h2-4H,1H3,(H,16,17). The van der Waals surface area contributed by atoms with Crippen LogP contribution >= 0.6 is 27.3 Å². The zero-order valence-corrected chi connectivity index (χ0v) is 13.6. The van der Waals surface area contributed by atoms with E-state index in [1.165, 1.54) is 6.20 Å². The normalized spacial score (nSPS) is 11.4. The second-order valence-electron chi connectivity index (χ2n) is 3.88. The second-order valence-corrected chi connectivity index (χ2v) is 7.65. The molecule has 0 aliphatic carbocycles. The molecule has 0 bridgehead atoms. The summed E-state index contributed by atoms with van der Waals surface area (Å²) < 4.78 is 51.7. The first-order valence-corrected chi connectivity index (χ1v) is 8.44. The first-order chi connectivity index (χ1) is 9.70. The number of hydrogen-bond donors (Lipinski definition) is 1. The molecular weight excluding hydrogens is 390 g/mol. The summed E-state index contributed by atoms with van der Waals surface area (Å²) >= 11 is 3.71. The van der Waals surface area contributed by atoms with Gasteiger partial charge in [0.25, 0.3) is 15.9 Å². The highest BCUT2D eigenvalue weighted by Gasteiger charge is 2.23. The quantitative estimate of drug-likeness (QED) is 0.808. The lowest BCUT2D eigenvalue weighted by atomic mass is 10.3. The van der Waals surface area contributed by atoms with Crippen LogP contribution in [0.15, 0.2) is 27.7 Å². The number of carbonyl (C=O) groups is 1. The summed E-state index contributed by atoms with van der Waals surface area (Å²) in [6.07, 6.45) is 1.23. The number of rotatable bonds is 3. The van der Waals surface area contributed by atoms with Crippen molar-refractivity contribution in [2.45, 2.75) is 11.8 Å². The summed E-state index contributed by atoms with van der Waals surface area (Å²) in [6, 6.07) is 1.36. The Bertz CT molecular complexity index is 798. The van der Waals surface area contributed by atoms with Gasteiger partial charge in [0.1, 0.15) is 4.88 Å². The van der Waals surface area contributed by atoms with Crippen molar-refractivity contribution in [2.75, 3.05) is 0 Å². The number of benzene rings is 1. The van der Waals surface area contributed by atoms with Crippen molar-refractivity contribution in [2.24, 2.45) is 0 Å². The maximum absolute atomic E-state index is 13.2. The van der Waals surface area contributed by atoms with Crippen molar-refractivity contribution in [3.8, 4) is 0 Å². The lowest BCUT2D eigenvalue weighted by Crippen LogP contribution is -2.30. The van der Waals surface area contributed by atoms with Crippen molar-refractivity contribution < 1.29 is 22.0 Å². The van der Waals surface area contributed by atoms with E-state index >= 15 is 0 Å². The van der Waals surface area contributed by atoms with Gasteiger partial charge >= 0.3 is 0 Å². The van der Waals surface area contributed by atoms with Gasteiger partial charge in [0.2, 0.25) is 0 Å². The summed E-state index contributed by atoms with van der Waals surface area (Å²) in [5, 5.41) is 0.591. The third-order valence-electron chi connectivity index (χ3n) is 2.34. The van der Waals surface area contributed by atoms with Crippen LogP contribution in [0.4, 0.5) is 8.78 Å². The van der Waals surface area contributed by atoms with Gasteiger partial charge in [-0.25, -0.2) is 26.9 Å². The molecule has 1 heterocycles. The number of nitrogens with one attached hydrogen (secondary N) is 1. The summed E-state index contributed by atoms with van der Waals surface area (Å²) in [7, 11) is -4.32. The molecule has 0 unspecified atom stereocenters. The third-order valence-corrected chi connectivity index (χ3v) is 5.14. The number of thiazole rings is 1. The maximum atomic E-state index is 13.2. The number of amides is 1. The molecule has 0 saturated heterocycles. The van der Waals surface area contributed by atoms with Crippen LogP contribution in [0.1, 0.15) is 14.7 Å². The fourth-order valence-electron chi connectivity index (χ4n) is 1.39. The minimum absolute atomic E-state index is 0.0951. The van der Waals surface area contributed by atoms with Crippen LogP contribution in [0.5, 0.6) is 0 Å². The smallest absolute Gasteiger partial charge is 0.267 e. The Hall–Kier alpha value is -1.39. The van der Waals surface area contributed by atoms with Gasteiger partial charge in [0.15, 0.2) is 11.6 Å². The number of hydrogen-bond acceptors (Lipinski definition) is 5. The monoisotopic (exact) mass is 396 g/mol. The Balaban J connectivity index is 2.33. The number of aryl methyl sites for hydroxylation is 1. The van der Waals surface area contributed by atoms with E-state index in [1.807, 2.05) is 0 Å². The summed E-state index contributed by atoms with van der Waals surface area (Å²) in [5.74, 6) is -3.44. The molecule has 0 radical (unpaired) electrons. The number of halogens is 3. The Labute approximate surface area is 131 Å². The SMILES string of the molecule is Cc1ncc(C(=O)NS(=O)(=O)c2cc(F)c(F)c(Br)c2)s1. The van der Waals surface area contributed by atoms with Crippen molar-refractivity contribution in [1.29, 1.82) is 0 Å². The molecule has 0 aliphatic heterocycles. The van der Waals surface area contributed by atoms with Gasteiger partial charge in [-0.3, -0.25) is 4.79 Å². The first-order valence-electron chi connectivity index (χ1n) is 5.35. The molecule has 0 atom stereocenters. The summed E-state index contributed by atoms with van der Waals surface area (Å²) in [6.45, 7) is 1.66. The Morgan fingerprint density at radius 2 is 2.05 bits per heavy atom. The Morgan fingerprint density at radius 3 is 2.57 bits per heavy atom. The largest absolute Gasteiger partial charge is 0.276 e. The van der Waals surface area contributed by atoms with E-state index in [1.54, 1.807) is 11.6 Å². The predicted molar refractivity (Wildman–Crippen MR) is 75.6 cm³/mol. The number of sulfonamides is 1. The fourth-order valence-corrected chi connectivity index (χ4v) is 3.71. The highest BCUT2D eigenvalue weighted by molar-refractivity contribution is 9.10. The van der Waals surface area contributed by atoms with Crippen molar-refractivity contribution >= 4 is 43.2 Å². The lowest BCUT2D eigenvalue weighted by Gasteiger charge is -2.07. The van der Waals surface area contributed by atoms with Crippen molar-refractivity contribution in [3.63, 3.8) is 0 Å². The zero-order valence-electron chi connectivity index (χ0n) is 10.4. The van der Waals surface area contributed by atoms with E-state index in [9.17, 15) is 22.0 Å². The van der Waals surface area contributed by atoms with Crippen LogP contribution in [0, 0.1) is 18.6 Å². The van der Waals surface area contributed by atoms with Gasteiger partial charge in [-0.1, -0.05) is 0 Å². The molecule has 1 aromatic heterocycles. The molecule has 10 heteroatoms. The predicted octanol–water partition coefficient (Wildman–Crippen LogP) is 2.61. The van der Waals surface area contributed by atoms with Crippen LogP contribution < -0.4 is 4.72 Å². The van der Waals surface area contributed by atoms with Gasteiger partial charge < -0.3 is 0 Å². The van der Waals surface area contributed by atoms with Crippen molar-refractivity contribution in [1.82, 2.24) is 9.71 Å². The lowest BCUT2D eigenvalue weighted by molar-refractivity contribution is 0.0985. The maximum Gasteiger partial charge on any atom is 0.276 e. The molecule has 1 amide bonds. The molecule has 112 valence electrons. The summed E-state index contributed by atoms with van der Waals surface area (Å²) in [4.78, 5) is 15.1. The Kier molecular flexibility index (Phi) is 4.40. The molecule has 0 spiro atoms. The average molecular weight is 397 g/mol. The third kappa shape index (κ3) is 3.44. The fraction of sp³-hybridized carbons (Fsp3) is 0.0909. The van der Waals surface area contributed by atoms with Gasteiger partial charge in [0.05, 0.1) is 20.6 Å². The van der Waals surface area contributed by atoms with Gasteiger partial charge in [-0.2, -0.15) is 0 Å². The molecule has 2 aromatic rings. The highest BCUT2D eigenvalue weighted by atomic mass is 79.9. The van der Waals surface area contributed by atoms with Gasteiger partial charge in [-0.05, 0) is 35.0 Å². The van der Waals surface area contributed by atoms with E-state index in [4.69, 9.17) is 0 Å². The van der Waals surface area contributed by atoms with Crippen LogP contribution in [0.2, 0.25) is 0 Å². The minimum atomic E-state index is -4.32. The molecular formula is C11H7BrF2N2O3S2. The van der Waals surface area contributed by atoms with Gasteiger partial charge in [0, 0.05) is 0 Å². The van der Waals surface area contributed by atoms with E-state index in [0.29, 0.717) is 11.1 Å². The van der Waals surface area contributed by atoms with E-state index in [-0.39, 0.29) is 9.35 Å². The number of nitrogens with zero attached hydrogens (tertiary/aromatic N) is 1. The van der Waals surface area contributed by atoms with Crippen LogP contribution in [0.3, 0.4) is 0 Å². The van der Waals surface area contributed by atoms with Gasteiger partial charge in [-0.15, -0.1) is 11.3 Å². The van der Waals surface area contributed by atoms with E-state index < -0.39 is 32.5 Å². The molecule has 5 nitrogen and oxygen atoms in total. The van der Waals surface area contributed by atoms with Crippen LogP contribution in [0.25, 0.3) is 0 Å². The molecule has 2 rings (SSSR count). The highest BCUT2D eigenvalue weighted by Crippen LogP contribution is 2.23. The Morgan fingerprint density at radius 1 is 1.38 bits per heavy atom. The molecule has 21 heavy (non-hydrogen) atoms.